The minimum atomic E-state index is -0.00941. The summed E-state index contributed by atoms with van der Waals surface area (Å²) in [5.74, 6) is 2.87. The monoisotopic (exact) mass is 861 g/mol. The number of nitrogens with zero attached hydrogens (tertiary/aromatic N) is 4. The van der Waals surface area contributed by atoms with Crippen molar-refractivity contribution in [2.24, 2.45) is 0 Å². The van der Waals surface area contributed by atoms with Crippen LogP contribution in [0.1, 0.15) is 43.0 Å². The summed E-state index contributed by atoms with van der Waals surface area (Å²) in [7, 11) is 0. The first-order valence-electron chi connectivity index (χ1n) is 17.2. The van der Waals surface area contributed by atoms with Gasteiger partial charge in [-0.3, -0.25) is 4.68 Å². The topological polar surface area (TPSA) is 54.1 Å². The van der Waals surface area contributed by atoms with E-state index in [2.05, 4.69) is 118 Å². The number of rotatable bonds is 8. The molecule has 0 aliphatic rings. The third-order valence-electron chi connectivity index (χ3n) is 9.24. The van der Waals surface area contributed by atoms with Crippen molar-refractivity contribution in [1.82, 2.24) is 19.3 Å². The summed E-state index contributed by atoms with van der Waals surface area (Å²) in [5, 5.41) is 6.93. The molecule has 260 valence electrons. The number of fused-ring (bicyclic) bond motifs is 3. The second-order valence-electron chi connectivity index (χ2n) is 14.0. The van der Waals surface area contributed by atoms with E-state index in [1.165, 1.54) is 5.56 Å². The number of benzene rings is 5. The number of para-hydroxylation sites is 1. The summed E-state index contributed by atoms with van der Waals surface area (Å²) in [4.78, 5) is 4.79. The standard InChI is InChI=1S/C45H38N4O2.Pt/c1-30-22-38(50-29-32-12-7-6-8-13-32)23-31(2)44(30)33-27-47-48(28-33)35-14-11-15-36(25-35)51-37-18-19-40-39-16-9-10-17-41(39)49(42(40)26-37)43-24-34(20-21-46-43)45(3,4)5;/h6-24,27-28H,29H2,1-5H3;/q-2;+2. The molecule has 0 atom stereocenters. The van der Waals surface area contributed by atoms with Crippen LogP contribution in [0.25, 0.3) is 44.4 Å². The number of hydrogen-bond acceptors (Lipinski definition) is 4. The Hall–Kier alpha value is -5.45. The van der Waals surface area contributed by atoms with Crippen LogP contribution in [0.15, 0.2) is 128 Å². The van der Waals surface area contributed by atoms with Crippen molar-refractivity contribution in [3.05, 3.63) is 162 Å². The summed E-state index contributed by atoms with van der Waals surface area (Å²) in [6.45, 7) is 11.4. The van der Waals surface area contributed by atoms with E-state index in [0.29, 0.717) is 18.1 Å². The van der Waals surface area contributed by atoms with E-state index < -0.39 is 0 Å². The second-order valence-corrected chi connectivity index (χ2v) is 14.0. The van der Waals surface area contributed by atoms with E-state index in [0.717, 1.165) is 66.9 Å². The van der Waals surface area contributed by atoms with Crippen LogP contribution in [0.5, 0.6) is 17.2 Å². The number of aromatic nitrogens is 4. The molecular formula is C45H38N4O2Pt. The number of hydrogen-bond donors (Lipinski definition) is 0. The van der Waals surface area contributed by atoms with Gasteiger partial charge in [0.05, 0.1) is 6.20 Å². The first-order valence-corrected chi connectivity index (χ1v) is 17.2. The molecule has 0 aliphatic heterocycles. The summed E-state index contributed by atoms with van der Waals surface area (Å²) in [6, 6.07) is 43.9. The smallest absolute Gasteiger partial charge is 0.509 e. The first-order chi connectivity index (χ1) is 24.7. The predicted molar refractivity (Wildman–Crippen MR) is 204 cm³/mol. The third kappa shape index (κ3) is 6.91. The normalized spacial score (nSPS) is 11.5. The van der Waals surface area contributed by atoms with Crippen molar-refractivity contribution in [3.8, 4) is 39.9 Å². The SMILES string of the molecule is Cc1cc(OCc2ccccc2)cc(C)c1-c1cnn(-c2[c-]c(Oc3[c-]c4c(cc3)c3ccccc3n4-c3cc(C(C)(C)C)ccn3)ccc2)c1.[Pt+2]. The van der Waals surface area contributed by atoms with Crippen LogP contribution in [-0.4, -0.2) is 19.3 Å². The summed E-state index contributed by atoms with van der Waals surface area (Å²) < 4.78 is 16.5. The van der Waals surface area contributed by atoms with Gasteiger partial charge >= 0.3 is 21.1 Å². The molecule has 0 amide bonds. The molecule has 8 rings (SSSR count). The molecule has 0 radical (unpaired) electrons. The summed E-state index contributed by atoms with van der Waals surface area (Å²) >= 11 is 0. The van der Waals surface area contributed by atoms with Gasteiger partial charge in [0.15, 0.2) is 0 Å². The van der Waals surface area contributed by atoms with Gasteiger partial charge in [0.25, 0.3) is 0 Å². The van der Waals surface area contributed by atoms with Gasteiger partial charge in [0.1, 0.15) is 18.2 Å². The molecule has 0 saturated carbocycles. The van der Waals surface area contributed by atoms with E-state index in [1.54, 1.807) is 0 Å². The van der Waals surface area contributed by atoms with Gasteiger partial charge < -0.3 is 14.0 Å². The first kappa shape index (κ1) is 35.0. The molecule has 3 heterocycles. The number of pyridine rings is 1. The molecule has 6 nitrogen and oxygen atoms in total. The van der Waals surface area contributed by atoms with E-state index in [1.807, 2.05) is 65.7 Å². The molecule has 7 heteroatoms. The molecule has 5 aromatic carbocycles. The van der Waals surface area contributed by atoms with Crippen LogP contribution >= 0.6 is 0 Å². The van der Waals surface area contributed by atoms with Crippen LogP contribution in [-0.2, 0) is 33.1 Å². The van der Waals surface area contributed by atoms with Gasteiger partial charge in [0.2, 0.25) is 0 Å². The van der Waals surface area contributed by atoms with Crippen LogP contribution < -0.4 is 9.47 Å². The van der Waals surface area contributed by atoms with Crippen molar-refractivity contribution in [2.75, 3.05) is 0 Å². The van der Waals surface area contributed by atoms with Crippen molar-refractivity contribution in [2.45, 2.75) is 46.6 Å². The molecule has 0 N–H and O–H groups in total. The van der Waals surface area contributed by atoms with Crippen molar-refractivity contribution in [1.29, 1.82) is 0 Å². The van der Waals surface area contributed by atoms with Crippen LogP contribution in [0.4, 0.5) is 0 Å². The zero-order valence-corrected chi connectivity index (χ0v) is 32.0. The zero-order valence-electron chi connectivity index (χ0n) is 29.8. The fourth-order valence-corrected chi connectivity index (χ4v) is 6.71. The molecule has 0 aliphatic carbocycles. The summed E-state index contributed by atoms with van der Waals surface area (Å²) in [6.07, 6.45) is 5.81. The maximum atomic E-state index is 6.41. The van der Waals surface area contributed by atoms with E-state index in [-0.39, 0.29) is 26.5 Å². The third-order valence-corrected chi connectivity index (χ3v) is 9.24. The molecule has 0 bridgehead atoms. The predicted octanol–water partition coefficient (Wildman–Crippen LogP) is 10.9. The van der Waals surface area contributed by atoms with E-state index in [4.69, 9.17) is 19.6 Å². The average molecular weight is 862 g/mol. The van der Waals surface area contributed by atoms with E-state index in [9.17, 15) is 0 Å². The van der Waals surface area contributed by atoms with Gasteiger partial charge in [0, 0.05) is 35.0 Å². The quantitative estimate of drug-likeness (QED) is 0.143. The maximum absolute atomic E-state index is 6.41. The molecule has 3 aromatic heterocycles. The van der Waals surface area contributed by atoms with Crippen molar-refractivity contribution >= 4 is 21.8 Å². The molecule has 8 aromatic rings. The minimum absolute atomic E-state index is 0. The molecule has 52 heavy (non-hydrogen) atoms. The largest absolute Gasteiger partial charge is 2.00 e. The van der Waals surface area contributed by atoms with Crippen molar-refractivity contribution < 1.29 is 30.5 Å². The van der Waals surface area contributed by atoms with Gasteiger partial charge in [-0.2, -0.15) is 17.2 Å². The van der Waals surface area contributed by atoms with Gasteiger partial charge in [-0.05, 0) is 88.5 Å². The average Bonchev–Trinajstić information content (AvgIpc) is 3.74. The van der Waals surface area contributed by atoms with E-state index >= 15 is 0 Å². The Morgan fingerprint density at radius 1 is 0.750 bits per heavy atom. The molecule has 0 spiro atoms. The van der Waals surface area contributed by atoms with Crippen molar-refractivity contribution in [3.63, 3.8) is 0 Å². The maximum Gasteiger partial charge on any atom is 2.00 e. The zero-order chi connectivity index (χ0) is 35.1. The molecular weight excluding hydrogens is 824 g/mol. The Kier molecular flexibility index (Phi) is 9.61. The minimum Gasteiger partial charge on any atom is -0.509 e. The molecule has 0 unspecified atom stereocenters. The molecule has 0 fully saturated rings. The fourth-order valence-electron chi connectivity index (χ4n) is 6.71. The van der Waals surface area contributed by atoms with Gasteiger partial charge in [-0.25, -0.2) is 4.98 Å². The van der Waals surface area contributed by atoms with Gasteiger partial charge in [-0.15, -0.1) is 35.7 Å². The Morgan fingerprint density at radius 2 is 1.50 bits per heavy atom. The number of ether oxygens (including phenoxy) is 2. The Labute approximate surface area is 318 Å². The Bertz CT molecular complexity index is 2500. The Balaban J connectivity index is 0.00000420. The number of aryl methyl sites for hydroxylation is 2. The summed E-state index contributed by atoms with van der Waals surface area (Å²) in [5.41, 5.74) is 9.52. The van der Waals surface area contributed by atoms with Crippen LogP contribution in [0.3, 0.4) is 0 Å². The van der Waals surface area contributed by atoms with Gasteiger partial charge in [-0.1, -0.05) is 74.8 Å². The fraction of sp³-hybridized carbons (Fsp3) is 0.156. The van der Waals surface area contributed by atoms with Crippen LogP contribution in [0.2, 0.25) is 0 Å². The van der Waals surface area contributed by atoms with Crippen LogP contribution in [0, 0.1) is 26.0 Å². The molecule has 0 saturated heterocycles. The Morgan fingerprint density at radius 3 is 2.29 bits per heavy atom. The second kappa shape index (κ2) is 14.3.